The van der Waals surface area contributed by atoms with Gasteiger partial charge in [-0.2, -0.15) is 0 Å². The predicted molar refractivity (Wildman–Crippen MR) is 53.2 cm³/mol. The molecule has 0 amide bonds. The molecule has 6 heteroatoms. The van der Waals surface area contributed by atoms with Gasteiger partial charge in [-0.15, -0.1) is 9.81 Å². The lowest BCUT2D eigenvalue weighted by Crippen LogP contribution is -2.41. The van der Waals surface area contributed by atoms with Gasteiger partial charge in [-0.3, -0.25) is 10.0 Å². The standard InChI is InChI=1S/C8H16N4O2/c1-7-6-8(2,3)12(10-14)5-4-11(7)9-13/h7H,4-6H2,1-3H3/t7-/m0/s1. The first-order valence-electron chi connectivity index (χ1n) is 4.72. The molecule has 6 nitrogen and oxygen atoms in total. The fraction of sp³-hybridized carbons (Fsp3) is 1.00. The smallest absolute Gasteiger partial charge is 0.0592 e. The van der Waals surface area contributed by atoms with E-state index >= 15 is 0 Å². The minimum absolute atomic E-state index is 0.0502. The summed E-state index contributed by atoms with van der Waals surface area (Å²) in [5.74, 6) is 0. The van der Waals surface area contributed by atoms with E-state index in [1.54, 1.807) is 0 Å². The SMILES string of the molecule is C[C@H]1CC(C)(C)N(N=O)CCN1N=O. The van der Waals surface area contributed by atoms with Crippen molar-refractivity contribution in [3.05, 3.63) is 9.81 Å². The summed E-state index contributed by atoms with van der Waals surface area (Å²) in [5.41, 5.74) is -0.305. The lowest BCUT2D eigenvalue weighted by molar-refractivity contribution is 0.125. The molecule has 0 saturated carbocycles. The van der Waals surface area contributed by atoms with Crippen molar-refractivity contribution in [1.29, 1.82) is 0 Å². The minimum atomic E-state index is -0.305. The van der Waals surface area contributed by atoms with E-state index in [9.17, 15) is 9.81 Å². The summed E-state index contributed by atoms with van der Waals surface area (Å²) < 4.78 is 0. The van der Waals surface area contributed by atoms with Crippen molar-refractivity contribution in [3.8, 4) is 0 Å². The molecule has 0 aromatic rings. The Morgan fingerprint density at radius 1 is 1.21 bits per heavy atom. The van der Waals surface area contributed by atoms with Crippen molar-refractivity contribution in [2.75, 3.05) is 13.1 Å². The molecule has 1 rings (SSSR count). The van der Waals surface area contributed by atoms with E-state index in [0.29, 0.717) is 19.5 Å². The van der Waals surface area contributed by atoms with Crippen LogP contribution in [0.4, 0.5) is 0 Å². The monoisotopic (exact) mass is 200 g/mol. The van der Waals surface area contributed by atoms with Crippen molar-refractivity contribution in [2.45, 2.75) is 38.8 Å². The fourth-order valence-corrected chi connectivity index (χ4v) is 1.93. The van der Waals surface area contributed by atoms with E-state index < -0.39 is 0 Å². The third-order valence-electron chi connectivity index (χ3n) is 2.75. The van der Waals surface area contributed by atoms with Gasteiger partial charge < -0.3 is 0 Å². The van der Waals surface area contributed by atoms with Crippen molar-refractivity contribution in [3.63, 3.8) is 0 Å². The van der Waals surface area contributed by atoms with Crippen LogP contribution in [0.15, 0.2) is 10.6 Å². The van der Waals surface area contributed by atoms with Crippen LogP contribution in [-0.2, 0) is 0 Å². The summed E-state index contributed by atoms with van der Waals surface area (Å²) in [6.07, 6.45) is 0.699. The number of rotatable bonds is 2. The van der Waals surface area contributed by atoms with Crippen LogP contribution in [-0.4, -0.2) is 34.7 Å². The largest absolute Gasteiger partial charge is 0.256 e. The molecule has 1 heterocycles. The van der Waals surface area contributed by atoms with Gasteiger partial charge in [0.2, 0.25) is 0 Å². The van der Waals surface area contributed by atoms with Gasteiger partial charge in [-0.05, 0) is 27.2 Å². The summed E-state index contributed by atoms with van der Waals surface area (Å²) in [7, 11) is 0. The molecule has 1 saturated heterocycles. The van der Waals surface area contributed by atoms with Crippen LogP contribution < -0.4 is 0 Å². The molecule has 0 bridgehead atoms. The maximum atomic E-state index is 10.6. The lowest BCUT2D eigenvalue weighted by atomic mass is 9.96. The average molecular weight is 200 g/mol. The minimum Gasteiger partial charge on any atom is -0.256 e. The first-order chi connectivity index (χ1) is 6.51. The average Bonchev–Trinajstić information content (AvgIpc) is 2.20. The van der Waals surface area contributed by atoms with Gasteiger partial charge in [0, 0.05) is 6.04 Å². The van der Waals surface area contributed by atoms with Gasteiger partial charge in [-0.25, -0.2) is 0 Å². The maximum absolute atomic E-state index is 10.6. The lowest BCUT2D eigenvalue weighted by Gasteiger charge is -2.32. The molecule has 0 N–H and O–H groups in total. The molecule has 1 aliphatic heterocycles. The zero-order chi connectivity index (χ0) is 10.8. The Balaban J connectivity index is 2.81. The van der Waals surface area contributed by atoms with E-state index in [4.69, 9.17) is 0 Å². The highest BCUT2D eigenvalue weighted by atomic mass is 16.3. The van der Waals surface area contributed by atoms with E-state index in [-0.39, 0.29) is 11.6 Å². The molecule has 80 valence electrons. The predicted octanol–water partition coefficient (Wildman–Crippen LogP) is 1.52. The Bertz CT molecular complexity index is 231. The second-order valence-corrected chi connectivity index (χ2v) is 4.32. The van der Waals surface area contributed by atoms with E-state index in [1.807, 2.05) is 20.8 Å². The third-order valence-corrected chi connectivity index (χ3v) is 2.75. The van der Waals surface area contributed by atoms with Crippen LogP contribution in [0.5, 0.6) is 0 Å². The van der Waals surface area contributed by atoms with Gasteiger partial charge in [0.1, 0.15) is 0 Å². The molecular formula is C8H16N4O2. The number of nitroso groups, excluding NO2 is 2. The first kappa shape index (κ1) is 10.9. The van der Waals surface area contributed by atoms with Crippen LogP contribution >= 0.6 is 0 Å². The van der Waals surface area contributed by atoms with E-state index in [1.165, 1.54) is 10.0 Å². The van der Waals surface area contributed by atoms with Gasteiger partial charge in [0.05, 0.1) is 29.2 Å². The second kappa shape index (κ2) is 3.89. The molecule has 1 atom stereocenters. The maximum Gasteiger partial charge on any atom is 0.0592 e. The molecule has 0 spiro atoms. The van der Waals surface area contributed by atoms with Gasteiger partial charge >= 0.3 is 0 Å². The van der Waals surface area contributed by atoms with Crippen molar-refractivity contribution in [2.24, 2.45) is 10.6 Å². The summed E-state index contributed by atoms with van der Waals surface area (Å²) in [4.78, 5) is 21.1. The van der Waals surface area contributed by atoms with Gasteiger partial charge in [0.15, 0.2) is 0 Å². The summed E-state index contributed by atoms with van der Waals surface area (Å²) >= 11 is 0. The zero-order valence-electron chi connectivity index (χ0n) is 8.80. The van der Waals surface area contributed by atoms with Crippen LogP contribution in [0.3, 0.4) is 0 Å². The first-order valence-corrected chi connectivity index (χ1v) is 4.72. The highest BCUT2D eigenvalue weighted by Crippen LogP contribution is 2.26. The molecule has 0 radical (unpaired) electrons. The molecule has 0 aromatic carbocycles. The number of hydrogen-bond donors (Lipinski definition) is 0. The molecule has 1 fully saturated rings. The van der Waals surface area contributed by atoms with E-state index in [2.05, 4.69) is 10.6 Å². The fourth-order valence-electron chi connectivity index (χ4n) is 1.93. The Hall–Kier alpha value is -1.20. The highest BCUT2D eigenvalue weighted by molar-refractivity contribution is 4.87. The second-order valence-electron chi connectivity index (χ2n) is 4.32. The summed E-state index contributed by atoms with van der Waals surface area (Å²) in [6.45, 7) is 6.72. The van der Waals surface area contributed by atoms with Crippen LogP contribution in [0.2, 0.25) is 0 Å². The number of nitrogens with zero attached hydrogens (tertiary/aromatic N) is 4. The normalized spacial score (nSPS) is 26.9. The topological polar surface area (TPSA) is 65.3 Å². The number of hydrogen-bond acceptors (Lipinski definition) is 4. The van der Waals surface area contributed by atoms with Crippen molar-refractivity contribution in [1.82, 2.24) is 10.0 Å². The van der Waals surface area contributed by atoms with Gasteiger partial charge in [-0.1, -0.05) is 0 Å². The molecule has 1 aliphatic rings. The molecule has 0 unspecified atom stereocenters. The Labute approximate surface area is 83.1 Å². The summed E-state index contributed by atoms with van der Waals surface area (Å²) in [6, 6.07) is 0.0502. The molecule has 0 aromatic heterocycles. The zero-order valence-corrected chi connectivity index (χ0v) is 8.80. The quantitative estimate of drug-likeness (QED) is 0.634. The molecular weight excluding hydrogens is 184 g/mol. The Morgan fingerprint density at radius 3 is 2.36 bits per heavy atom. The van der Waals surface area contributed by atoms with Crippen LogP contribution in [0.1, 0.15) is 27.2 Å². The van der Waals surface area contributed by atoms with Crippen molar-refractivity contribution < 1.29 is 0 Å². The Morgan fingerprint density at radius 2 is 1.86 bits per heavy atom. The van der Waals surface area contributed by atoms with Crippen LogP contribution in [0, 0.1) is 9.81 Å². The van der Waals surface area contributed by atoms with E-state index in [0.717, 1.165) is 0 Å². The third kappa shape index (κ3) is 2.00. The van der Waals surface area contributed by atoms with Crippen molar-refractivity contribution >= 4 is 0 Å². The summed E-state index contributed by atoms with van der Waals surface area (Å²) in [5, 5.41) is 8.86. The Kier molecular flexibility index (Phi) is 3.03. The molecule has 0 aliphatic carbocycles. The highest BCUT2D eigenvalue weighted by Gasteiger charge is 2.34. The van der Waals surface area contributed by atoms with Gasteiger partial charge in [0.25, 0.3) is 0 Å². The van der Waals surface area contributed by atoms with Crippen LogP contribution in [0.25, 0.3) is 0 Å². The molecule has 14 heavy (non-hydrogen) atoms.